The first-order chi connectivity index (χ1) is 14.1. The highest BCUT2D eigenvalue weighted by Crippen LogP contribution is 2.38. The van der Waals surface area contributed by atoms with Crippen LogP contribution in [0.4, 0.5) is 5.00 Å². The zero-order chi connectivity index (χ0) is 20.2. The summed E-state index contributed by atoms with van der Waals surface area (Å²) in [6.07, 6.45) is 4.86. The Morgan fingerprint density at radius 3 is 2.48 bits per heavy atom. The van der Waals surface area contributed by atoms with Gasteiger partial charge in [0.1, 0.15) is 10.6 Å². The van der Waals surface area contributed by atoms with Crippen LogP contribution in [0.25, 0.3) is 11.1 Å². The van der Waals surface area contributed by atoms with Crippen LogP contribution >= 0.6 is 11.3 Å². The molecule has 2 fully saturated rings. The lowest BCUT2D eigenvalue weighted by atomic mass is 10.0. The van der Waals surface area contributed by atoms with Crippen LogP contribution < -0.4 is 5.32 Å². The number of nitrogens with one attached hydrogen (secondary N) is 1. The van der Waals surface area contributed by atoms with E-state index in [1.165, 1.54) is 11.3 Å². The maximum atomic E-state index is 12.9. The van der Waals surface area contributed by atoms with Crippen molar-refractivity contribution in [3.05, 3.63) is 41.3 Å². The van der Waals surface area contributed by atoms with Crippen LogP contribution in [0.5, 0.6) is 0 Å². The van der Waals surface area contributed by atoms with Gasteiger partial charge in [-0.2, -0.15) is 0 Å². The zero-order valence-corrected chi connectivity index (χ0v) is 17.0. The van der Waals surface area contributed by atoms with Gasteiger partial charge in [-0.05, 0) is 37.7 Å². The number of benzene rings is 1. The predicted octanol–water partition coefficient (Wildman–Crippen LogP) is 3.93. The van der Waals surface area contributed by atoms with Gasteiger partial charge in [0.25, 0.3) is 5.91 Å². The van der Waals surface area contributed by atoms with Crippen LogP contribution in [0.1, 0.15) is 42.5 Å². The number of likely N-dealkylation sites (tertiary alicyclic amines) is 1. The number of hydrogen-bond donors (Lipinski definition) is 1. The van der Waals surface area contributed by atoms with Crippen molar-refractivity contribution in [2.45, 2.75) is 32.1 Å². The Hall–Kier alpha value is -2.67. The van der Waals surface area contributed by atoms with Gasteiger partial charge < -0.3 is 15.0 Å². The minimum Gasteiger partial charge on any atom is -0.452 e. The highest BCUT2D eigenvalue weighted by atomic mass is 32.1. The number of ether oxygens (including phenoxy) is 1. The van der Waals surface area contributed by atoms with E-state index >= 15 is 0 Å². The number of rotatable bonds is 6. The molecule has 1 aromatic heterocycles. The third kappa shape index (κ3) is 4.67. The average Bonchev–Trinajstić information content (AvgIpc) is 3.54. The summed E-state index contributed by atoms with van der Waals surface area (Å²) in [4.78, 5) is 39.3. The molecule has 1 aliphatic heterocycles. The summed E-state index contributed by atoms with van der Waals surface area (Å²) in [6, 6.07) is 9.50. The van der Waals surface area contributed by atoms with E-state index in [4.69, 9.17) is 4.74 Å². The van der Waals surface area contributed by atoms with E-state index in [0.717, 1.165) is 37.7 Å². The molecule has 152 valence electrons. The Morgan fingerprint density at radius 1 is 1.07 bits per heavy atom. The standard InChI is InChI=1S/C22H24N2O4S/c25-18(24-11-5-2-6-12-24)13-28-22(27)19-17(15-7-3-1-4-8-15)14-29-21(19)23-20(26)16-9-10-16/h1,3-4,7-8,14,16H,2,5-6,9-13H2,(H,23,26). The van der Waals surface area contributed by atoms with Crippen molar-refractivity contribution in [1.29, 1.82) is 0 Å². The Morgan fingerprint density at radius 2 is 1.79 bits per heavy atom. The quantitative estimate of drug-likeness (QED) is 0.730. The summed E-state index contributed by atoms with van der Waals surface area (Å²) in [5.74, 6) is -0.786. The number of anilines is 1. The van der Waals surface area contributed by atoms with Crippen molar-refractivity contribution >= 4 is 34.1 Å². The van der Waals surface area contributed by atoms with Gasteiger partial charge in [0, 0.05) is 30.0 Å². The molecule has 29 heavy (non-hydrogen) atoms. The largest absolute Gasteiger partial charge is 0.452 e. The number of carbonyl (C=O) groups excluding carboxylic acids is 3. The van der Waals surface area contributed by atoms with Crippen LogP contribution in [0, 0.1) is 5.92 Å². The minimum absolute atomic E-state index is 0.0295. The highest BCUT2D eigenvalue weighted by molar-refractivity contribution is 7.15. The molecule has 0 atom stereocenters. The Bertz CT molecular complexity index is 899. The topological polar surface area (TPSA) is 75.7 Å². The first kappa shape index (κ1) is 19.6. The molecule has 2 heterocycles. The van der Waals surface area contributed by atoms with Gasteiger partial charge in [0.05, 0.1) is 0 Å². The van der Waals surface area contributed by atoms with Crippen LogP contribution in [-0.2, 0) is 14.3 Å². The fourth-order valence-electron chi connectivity index (χ4n) is 3.48. The second kappa shape index (κ2) is 8.78. The molecule has 6 nitrogen and oxygen atoms in total. The average molecular weight is 413 g/mol. The van der Waals surface area contributed by atoms with E-state index in [1.807, 2.05) is 35.7 Å². The molecule has 1 N–H and O–H groups in total. The van der Waals surface area contributed by atoms with Gasteiger partial charge in [-0.1, -0.05) is 30.3 Å². The second-order valence-electron chi connectivity index (χ2n) is 7.50. The number of piperidine rings is 1. The van der Waals surface area contributed by atoms with Crippen molar-refractivity contribution in [3.8, 4) is 11.1 Å². The predicted molar refractivity (Wildman–Crippen MR) is 112 cm³/mol. The summed E-state index contributed by atoms with van der Waals surface area (Å²) < 4.78 is 5.39. The normalized spacial score (nSPS) is 16.3. The minimum atomic E-state index is -0.582. The lowest BCUT2D eigenvalue weighted by Gasteiger charge is -2.26. The Labute approximate surface area is 173 Å². The summed E-state index contributed by atoms with van der Waals surface area (Å²) in [5.41, 5.74) is 1.89. The molecule has 0 spiro atoms. The van der Waals surface area contributed by atoms with Crippen molar-refractivity contribution in [2.75, 3.05) is 25.0 Å². The number of esters is 1. The number of thiophene rings is 1. The van der Waals surface area contributed by atoms with E-state index in [-0.39, 0.29) is 24.3 Å². The van der Waals surface area contributed by atoms with E-state index in [9.17, 15) is 14.4 Å². The third-order valence-corrected chi connectivity index (χ3v) is 6.20. The van der Waals surface area contributed by atoms with Crippen LogP contribution in [0.15, 0.2) is 35.7 Å². The molecule has 4 rings (SSSR count). The number of amides is 2. The highest BCUT2D eigenvalue weighted by Gasteiger charge is 2.32. The van der Waals surface area contributed by atoms with Gasteiger partial charge >= 0.3 is 5.97 Å². The molecule has 1 saturated carbocycles. The first-order valence-electron chi connectivity index (χ1n) is 10.1. The van der Waals surface area contributed by atoms with E-state index in [0.29, 0.717) is 29.2 Å². The van der Waals surface area contributed by atoms with Crippen molar-refractivity contribution in [3.63, 3.8) is 0 Å². The molecule has 1 saturated heterocycles. The zero-order valence-electron chi connectivity index (χ0n) is 16.2. The van der Waals surface area contributed by atoms with Gasteiger partial charge in [-0.15, -0.1) is 11.3 Å². The summed E-state index contributed by atoms with van der Waals surface area (Å²) in [6.45, 7) is 1.15. The fraction of sp³-hybridized carbons (Fsp3) is 0.409. The number of nitrogens with zero attached hydrogens (tertiary/aromatic N) is 1. The lowest BCUT2D eigenvalue weighted by molar-refractivity contribution is -0.135. The Balaban J connectivity index is 1.52. The molecule has 1 aliphatic carbocycles. The second-order valence-corrected chi connectivity index (χ2v) is 8.38. The van der Waals surface area contributed by atoms with Gasteiger partial charge in [0.15, 0.2) is 6.61 Å². The molecular formula is C22H24N2O4S. The monoisotopic (exact) mass is 412 g/mol. The van der Waals surface area contributed by atoms with Crippen LogP contribution in [-0.4, -0.2) is 42.4 Å². The number of carbonyl (C=O) groups is 3. The molecule has 2 aromatic rings. The molecule has 0 unspecified atom stereocenters. The Kier molecular flexibility index (Phi) is 5.94. The molecule has 2 amide bonds. The third-order valence-electron chi connectivity index (χ3n) is 5.30. The summed E-state index contributed by atoms with van der Waals surface area (Å²) >= 11 is 1.31. The molecule has 0 radical (unpaired) electrons. The van der Waals surface area contributed by atoms with E-state index in [1.54, 1.807) is 4.90 Å². The van der Waals surface area contributed by atoms with Crippen molar-refractivity contribution in [2.24, 2.45) is 5.92 Å². The molecule has 2 aliphatic rings. The van der Waals surface area contributed by atoms with Crippen LogP contribution in [0.2, 0.25) is 0 Å². The maximum absolute atomic E-state index is 12.9. The van der Waals surface area contributed by atoms with E-state index < -0.39 is 5.97 Å². The van der Waals surface area contributed by atoms with Gasteiger partial charge in [-0.3, -0.25) is 9.59 Å². The smallest absolute Gasteiger partial charge is 0.342 e. The van der Waals surface area contributed by atoms with Crippen LogP contribution in [0.3, 0.4) is 0 Å². The molecule has 0 bridgehead atoms. The SMILES string of the molecule is O=C(OCC(=O)N1CCCCC1)c1c(-c2ccccc2)csc1NC(=O)C1CC1. The van der Waals surface area contributed by atoms with E-state index in [2.05, 4.69) is 5.32 Å². The molecule has 1 aromatic carbocycles. The van der Waals surface area contributed by atoms with Crippen molar-refractivity contribution in [1.82, 2.24) is 4.90 Å². The number of hydrogen-bond acceptors (Lipinski definition) is 5. The first-order valence-corrected chi connectivity index (χ1v) is 10.9. The lowest BCUT2D eigenvalue weighted by Crippen LogP contribution is -2.38. The van der Waals surface area contributed by atoms with Gasteiger partial charge in [-0.25, -0.2) is 4.79 Å². The summed E-state index contributed by atoms with van der Waals surface area (Å²) in [5, 5.41) is 5.21. The summed E-state index contributed by atoms with van der Waals surface area (Å²) in [7, 11) is 0. The van der Waals surface area contributed by atoms with Gasteiger partial charge in [0.2, 0.25) is 5.91 Å². The molecular weight excluding hydrogens is 388 g/mol. The fourth-order valence-corrected chi connectivity index (χ4v) is 4.44. The molecule has 7 heteroatoms. The maximum Gasteiger partial charge on any atom is 0.342 e. The van der Waals surface area contributed by atoms with Crippen molar-refractivity contribution < 1.29 is 19.1 Å².